The maximum atomic E-state index is 11.7. The van der Waals surface area contributed by atoms with E-state index in [1.54, 1.807) is 30.3 Å². The Labute approximate surface area is 140 Å². The number of phenolic OH excluding ortho intramolecular Hbond substituents is 1. The molecule has 0 fully saturated rings. The summed E-state index contributed by atoms with van der Waals surface area (Å²) in [6.45, 7) is 3.81. The van der Waals surface area contributed by atoms with Gasteiger partial charge in [-0.25, -0.2) is 0 Å². The lowest BCUT2D eigenvalue weighted by molar-refractivity contribution is -0.138. The number of carbonyl (C=O) groups is 1. The molecule has 1 atom stereocenters. The fraction of sp³-hybridized carbons (Fsp3) is 0.278. The molecule has 2 aromatic carbocycles. The van der Waals surface area contributed by atoms with Crippen molar-refractivity contribution in [2.45, 2.75) is 32.3 Å². The Hall–Kier alpha value is -2.20. The van der Waals surface area contributed by atoms with Gasteiger partial charge in [0.05, 0.1) is 12.0 Å². The molecule has 0 amide bonds. The molecule has 2 aromatic rings. The topological polar surface area (TPSA) is 66.8 Å². The van der Waals surface area contributed by atoms with E-state index < -0.39 is 11.9 Å². The van der Waals surface area contributed by atoms with Crippen molar-refractivity contribution in [3.63, 3.8) is 0 Å². The van der Waals surface area contributed by atoms with Gasteiger partial charge < -0.3 is 14.9 Å². The lowest BCUT2D eigenvalue weighted by Gasteiger charge is -2.18. The van der Waals surface area contributed by atoms with Gasteiger partial charge in [0.15, 0.2) is 0 Å². The molecule has 0 aromatic heterocycles. The zero-order valence-corrected chi connectivity index (χ0v) is 13.7. The molecule has 0 aliphatic heterocycles. The summed E-state index contributed by atoms with van der Waals surface area (Å²) in [5, 5.41) is 19.7. The lowest BCUT2D eigenvalue weighted by Crippen LogP contribution is -2.16. The van der Waals surface area contributed by atoms with Crippen LogP contribution in [0, 0.1) is 0 Å². The number of carboxylic acids is 1. The third-order valence-corrected chi connectivity index (χ3v) is 3.62. The SMILES string of the molecule is CC(C)Oc1ccc(Cl)cc1CC(C(=O)O)c1cccc(O)c1. The summed E-state index contributed by atoms with van der Waals surface area (Å²) in [7, 11) is 0. The number of hydrogen-bond acceptors (Lipinski definition) is 3. The van der Waals surface area contributed by atoms with Crippen LogP contribution in [0.25, 0.3) is 0 Å². The summed E-state index contributed by atoms with van der Waals surface area (Å²) < 4.78 is 5.74. The lowest BCUT2D eigenvalue weighted by atomic mass is 9.91. The summed E-state index contributed by atoms with van der Waals surface area (Å²) in [4.78, 5) is 11.7. The Morgan fingerprint density at radius 2 is 1.96 bits per heavy atom. The van der Waals surface area contributed by atoms with E-state index in [1.807, 2.05) is 13.8 Å². The average Bonchev–Trinajstić information content (AvgIpc) is 2.46. The number of ether oxygens (including phenoxy) is 1. The Bertz CT molecular complexity index is 697. The van der Waals surface area contributed by atoms with Crippen molar-refractivity contribution in [2.75, 3.05) is 0 Å². The second-order valence-corrected chi connectivity index (χ2v) is 6.05. The molecular weight excluding hydrogens is 316 g/mol. The molecule has 5 heteroatoms. The highest BCUT2D eigenvalue weighted by atomic mass is 35.5. The minimum absolute atomic E-state index is 0.0287. The van der Waals surface area contributed by atoms with Crippen LogP contribution in [0.4, 0.5) is 0 Å². The third kappa shape index (κ3) is 4.63. The number of carboxylic acid groups (broad SMARTS) is 1. The van der Waals surface area contributed by atoms with Crippen molar-refractivity contribution in [3.05, 3.63) is 58.6 Å². The Morgan fingerprint density at radius 1 is 1.22 bits per heavy atom. The fourth-order valence-electron chi connectivity index (χ4n) is 2.39. The molecule has 0 spiro atoms. The Balaban J connectivity index is 2.37. The van der Waals surface area contributed by atoms with Gasteiger partial charge in [0, 0.05) is 5.02 Å². The molecular formula is C18H19ClO4. The van der Waals surface area contributed by atoms with Crippen molar-refractivity contribution in [2.24, 2.45) is 0 Å². The number of aliphatic carboxylic acids is 1. The summed E-state index contributed by atoms with van der Waals surface area (Å²) in [6.07, 6.45) is 0.195. The maximum Gasteiger partial charge on any atom is 0.311 e. The van der Waals surface area contributed by atoms with Gasteiger partial charge >= 0.3 is 5.97 Å². The van der Waals surface area contributed by atoms with E-state index in [2.05, 4.69) is 0 Å². The van der Waals surface area contributed by atoms with Crippen LogP contribution in [0.1, 0.15) is 30.9 Å². The van der Waals surface area contributed by atoms with Crippen LogP contribution >= 0.6 is 11.6 Å². The largest absolute Gasteiger partial charge is 0.508 e. The zero-order valence-electron chi connectivity index (χ0n) is 13.0. The molecule has 122 valence electrons. The molecule has 0 aliphatic rings. The molecule has 0 aliphatic carbocycles. The van der Waals surface area contributed by atoms with Crippen LogP contribution in [0.2, 0.25) is 5.02 Å². The van der Waals surface area contributed by atoms with Gasteiger partial charge in [-0.05, 0) is 61.7 Å². The van der Waals surface area contributed by atoms with Gasteiger partial charge in [-0.3, -0.25) is 4.79 Å². The number of hydrogen-bond donors (Lipinski definition) is 2. The number of rotatable bonds is 6. The number of halogens is 1. The Morgan fingerprint density at radius 3 is 2.57 bits per heavy atom. The number of benzene rings is 2. The van der Waals surface area contributed by atoms with E-state index >= 15 is 0 Å². The predicted molar refractivity (Wildman–Crippen MR) is 89.4 cm³/mol. The first-order valence-electron chi connectivity index (χ1n) is 7.33. The fourth-order valence-corrected chi connectivity index (χ4v) is 2.58. The molecule has 0 saturated carbocycles. The molecule has 2 N–H and O–H groups in total. The standard InChI is InChI=1S/C18H19ClO4/c1-11(2)23-17-7-6-14(19)8-13(17)10-16(18(21)22)12-4-3-5-15(20)9-12/h3-9,11,16,20H,10H2,1-2H3,(H,21,22). The van der Waals surface area contributed by atoms with E-state index in [0.717, 1.165) is 5.56 Å². The van der Waals surface area contributed by atoms with Crippen molar-refractivity contribution in [1.29, 1.82) is 0 Å². The molecule has 23 heavy (non-hydrogen) atoms. The van der Waals surface area contributed by atoms with Gasteiger partial charge in [0.1, 0.15) is 11.5 Å². The van der Waals surface area contributed by atoms with E-state index in [-0.39, 0.29) is 18.3 Å². The first kappa shape index (κ1) is 17.2. The maximum absolute atomic E-state index is 11.7. The van der Waals surface area contributed by atoms with Crippen LogP contribution in [-0.4, -0.2) is 22.3 Å². The monoisotopic (exact) mass is 334 g/mol. The summed E-state index contributed by atoms with van der Waals surface area (Å²) in [5.41, 5.74) is 1.26. The minimum Gasteiger partial charge on any atom is -0.508 e. The first-order chi connectivity index (χ1) is 10.9. The van der Waals surface area contributed by atoms with Crippen LogP contribution < -0.4 is 4.74 Å². The van der Waals surface area contributed by atoms with Crippen molar-refractivity contribution in [1.82, 2.24) is 0 Å². The summed E-state index contributed by atoms with van der Waals surface area (Å²) >= 11 is 6.04. The third-order valence-electron chi connectivity index (χ3n) is 3.38. The van der Waals surface area contributed by atoms with E-state index in [4.69, 9.17) is 16.3 Å². The highest BCUT2D eigenvalue weighted by molar-refractivity contribution is 6.30. The van der Waals surface area contributed by atoms with Crippen LogP contribution in [0.3, 0.4) is 0 Å². The summed E-state index contributed by atoms with van der Waals surface area (Å²) in [5.74, 6) is -1.10. The Kier molecular flexibility index (Phi) is 5.50. The van der Waals surface area contributed by atoms with Gasteiger partial charge in [0.2, 0.25) is 0 Å². The molecule has 0 saturated heterocycles. The summed E-state index contributed by atoms with van der Waals surface area (Å²) in [6, 6.07) is 11.5. The normalized spacial score (nSPS) is 12.2. The highest BCUT2D eigenvalue weighted by Crippen LogP contribution is 2.31. The van der Waals surface area contributed by atoms with Crippen LogP contribution in [-0.2, 0) is 11.2 Å². The second kappa shape index (κ2) is 7.38. The van der Waals surface area contributed by atoms with E-state index in [9.17, 15) is 15.0 Å². The zero-order chi connectivity index (χ0) is 17.0. The van der Waals surface area contributed by atoms with Gasteiger partial charge in [-0.1, -0.05) is 23.7 Å². The molecule has 0 radical (unpaired) electrons. The van der Waals surface area contributed by atoms with Crippen molar-refractivity contribution < 1.29 is 19.7 Å². The second-order valence-electron chi connectivity index (χ2n) is 5.61. The molecule has 2 rings (SSSR count). The van der Waals surface area contributed by atoms with Crippen molar-refractivity contribution in [3.8, 4) is 11.5 Å². The van der Waals surface area contributed by atoms with Gasteiger partial charge in [0.25, 0.3) is 0 Å². The minimum atomic E-state index is -0.967. The number of phenols is 1. The van der Waals surface area contributed by atoms with Crippen LogP contribution in [0.15, 0.2) is 42.5 Å². The van der Waals surface area contributed by atoms with Gasteiger partial charge in [-0.2, -0.15) is 0 Å². The predicted octanol–water partition coefficient (Wildman–Crippen LogP) is 4.24. The smallest absolute Gasteiger partial charge is 0.311 e. The molecule has 4 nitrogen and oxygen atoms in total. The molecule has 1 unspecified atom stereocenters. The van der Waals surface area contributed by atoms with E-state index in [0.29, 0.717) is 16.3 Å². The van der Waals surface area contributed by atoms with Gasteiger partial charge in [-0.15, -0.1) is 0 Å². The van der Waals surface area contributed by atoms with E-state index in [1.165, 1.54) is 12.1 Å². The molecule has 0 bridgehead atoms. The quantitative estimate of drug-likeness (QED) is 0.829. The average molecular weight is 335 g/mol. The van der Waals surface area contributed by atoms with Crippen molar-refractivity contribution >= 4 is 17.6 Å². The van der Waals surface area contributed by atoms with Crippen LogP contribution in [0.5, 0.6) is 11.5 Å². The highest BCUT2D eigenvalue weighted by Gasteiger charge is 2.23. The molecule has 0 heterocycles. The first-order valence-corrected chi connectivity index (χ1v) is 7.71. The number of aromatic hydroxyl groups is 1.